The summed E-state index contributed by atoms with van der Waals surface area (Å²) in [7, 11) is 0. The molecule has 1 aliphatic rings. The van der Waals surface area contributed by atoms with Gasteiger partial charge in [-0.2, -0.15) is 0 Å². The Hall–Kier alpha value is -2.45. The summed E-state index contributed by atoms with van der Waals surface area (Å²) in [6, 6.07) is 6.93. The Morgan fingerprint density at radius 3 is 2.65 bits per heavy atom. The third-order valence-electron chi connectivity index (χ3n) is 4.28. The second-order valence-corrected chi connectivity index (χ2v) is 6.90. The molecule has 2 aromatic rings. The predicted octanol–water partition coefficient (Wildman–Crippen LogP) is 1.08. The number of hydrogen-bond acceptors (Lipinski definition) is 5. The molecule has 1 saturated heterocycles. The molecule has 1 atom stereocenters. The molecule has 1 unspecified atom stereocenters. The maximum Gasteiger partial charge on any atom is 0.328 e. The van der Waals surface area contributed by atoms with Crippen molar-refractivity contribution in [3.63, 3.8) is 0 Å². The number of nitrogens with one attached hydrogen (secondary N) is 2. The Morgan fingerprint density at radius 2 is 2.00 bits per heavy atom. The average Bonchev–Trinajstić information content (AvgIpc) is 3.06. The minimum absolute atomic E-state index is 0.156. The summed E-state index contributed by atoms with van der Waals surface area (Å²) in [5.41, 5.74) is 0.782. The highest BCUT2D eigenvalue weighted by molar-refractivity contribution is 6.30. The van der Waals surface area contributed by atoms with Crippen LogP contribution in [0.15, 0.2) is 28.7 Å². The van der Waals surface area contributed by atoms with Gasteiger partial charge < -0.3 is 14.6 Å². The first-order chi connectivity index (χ1) is 12.4. The molecule has 1 aromatic carbocycles. The van der Waals surface area contributed by atoms with E-state index in [9.17, 15) is 9.59 Å². The molecule has 0 radical (unpaired) electrons. The number of nitrogens with zero attached hydrogens (tertiary/aromatic N) is 3. The van der Waals surface area contributed by atoms with Crippen molar-refractivity contribution >= 4 is 23.5 Å². The predicted molar refractivity (Wildman–Crippen MR) is 94.3 cm³/mol. The second kappa shape index (κ2) is 7.84. The Bertz CT molecular complexity index is 774. The zero-order valence-electron chi connectivity index (χ0n) is 14.7. The van der Waals surface area contributed by atoms with E-state index in [-0.39, 0.29) is 24.6 Å². The highest BCUT2D eigenvalue weighted by Gasteiger charge is 2.31. The largest absolute Gasteiger partial charge is 0.415 e. The zero-order valence-corrected chi connectivity index (χ0v) is 15.4. The van der Waals surface area contributed by atoms with Gasteiger partial charge in [0.05, 0.1) is 6.04 Å². The number of carbonyl (C=O) groups is 2. The topological polar surface area (TPSA) is 92.8 Å². The van der Waals surface area contributed by atoms with Crippen molar-refractivity contribution in [2.75, 3.05) is 13.2 Å². The normalized spacial score (nSPS) is 16.1. The maximum absolute atomic E-state index is 12.0. The Kier molecular flexibility index (Phi) is 5.53. The minimum atomic E-state index is -0.355. The lowest BCUT2D eigenvalue weighted by atomic mass is 10.2. The summed E-state index contributed by atoms with van der Waals surface area (Å²) in [6.07, 6.45) is 0.318. The molecule has 0 bridgehead atoms. The van der Waals surface area contributed by atoms with Gasteiger partial charge in [0.1, 0.15) is 0 Å². The van der Waals surface area contributed by atoms with Gasteiger partial charge in [0.2, 0.25) is 11.8 Å². The summed E-state index contributed by atoms with van der Waals surface area (Å²) >= 11 is 5.89. The number of quaternary nitrogens is 1. The first-order valence-corrected chi connectivity index (χ1v) is 8.83. The van der Waals surface area contributed by atoms with Crippen LogP contribution in [0.25, 0.3) is 11.5 Å². The molecule has 1 aliphatic heterocycles. The summed E-state index contributed by atoms with van der Waals surface area (Å²) in [5.74, 6) is 0.689. The number of carbonyl (C=O) groups excluding carboxylic acids is 2. The molecule has 0 aliphatic carbocycles. The maximum atomic E-state index is 12.0. The molecule has 138 valence electrons. The van der Waals surface area contributed by atoms with E-state index in [1.807, 2.05) is 26.0 Å². The number of halogens is 1. The summed E-state index contributed by atoms with van der Waals surface area (Å²) < 4.78 is 5.74. The Balaban J connectivity index is 1.71. The summed E-state index contributed by atoms with van der Waals surface area (Å²) in [6.45, 7) is 5.08. The van der Waals surface area contributed by atoms with Crippen LogP contribution >= 0.6 is 11.6 Å². The van der Waals surface area contributed by atoms with E-state index in [1.165, 1.54) is 4.90 Å². The molecule has 1 aromatic heterocycles. The molecule has 0 spiro atoms. The monoisotopic (exact) mass is 378 g/mol. The average molecular weight is 379 g/mol. The van der Waals surface area contributed by atoms with E-state index in [4.69, 9.17) is 16.0 Å². The molecule has 0 saturated carbocycles. The van der Waals surface area contributed by atoms with Gasteiger partial charge in [-0.1, -0.05) is 11.6 Å². The Labute approximate surface area is 156 Å². The van der Waals surface area contributed by atoms with Crippen LogP contribution in [0.3, 0.4) is 0 Å². The summed E-state index contributed by atoms with van der Waals surface area (Å²) in [4.78, 5) is 26.2. The van der Waals surface area contributed by atoms with Crippen molar-refractivity contribution < 1.29 is 18.9 Å². The third-order valence-corrected chi connectivity index (χ3v) is 4.53. The van der Waals surface area contributed by atoms with Crippen molar-refractivity contribution in [2.24, 2.45) is 0 Å². The van der Waals surface area contributed by atoms with Crippen LogP contribution in [0.2, 0.25) is 5.02 Å². The molecular formula is C17H21ClN5O3+. The summed E-state index contributed by atoms with van der Waals surface area (Å²) in [5, 5.41) is 11.5. The molecule has 3 rings (SSSR count). The number of hydrogen-bond donors (Lipinski definition) is 2. The molecule has 2 heterocycles. The lowest BCUT2D eigenvalue weighted by Gasteiger charge is -2.30. The van der Waals surface area contributed by atoms with Crippen molar-refractivity contribution in [2.45, 2.75) is 32.9 Å². The lowest BCUT2D eigenvalue weighted by molar-refractivity contribution is -0.943. The van der Waals surface area contributed by atoms with Gasteiger partial charge in [-0.05, 0) is 38.1 Å². The number of amides is 3. The smallest absolute Gasteiger partial charge is 0.328 e. The number of rotatable bonds is 6. The van der Waals surface area contributed by atoms with Crippen molar-refractivity contribution in [3.8, 4) is 11.5 Å². The van der Waals surface area contributed by atoms with E-state index in [2.05, 4.69) is 15.5 Å². The number of urea groups is 1. The molecule has 3 amide bonds. The van der Waals surface area contributed by atoms with Gasteiger partial charge in [-0.25, -0.2) is 9.69 Å². The quantitative estimate of drug-likeness (QED) is 0.784. The van der Waals surface area contributed by atoms with Gasteiger partial charge in [0.25, 0.3) is 5.89 Å². The van der Waals surface area contributed by atoms with Crippen LogP contribution in [-0.4, -0.2) is 46.3 Å². The van der Waals surface area contributed by atoms with Crippen molar-refractivity contribution in [3.05, 3.63) is 35.2 Å². The van der Waals surface area contributed by atoms with Crippen LogP contribution in [0.1, 0.15) is 26.2 Å². The number of aromatic nitrogens is 2. The fraction of sp³-hybridized carbons (Fsp3) is 0.412. The first-order valence-electron chi connectivity index (χ1n) is 8.45. The second-order valence-electron chi connectivity index (χ2n) is 6.46. The molecular weight excluding hydrogens is 358 g/mol. The Morgan fingerprint density at radius 1 is 1.27 bits per heavy atom. The molecule has 2 N–H and O–H groups in total. The first kappa shape index (κ1) is 18.3. The number of imide groups is 1. The fourth-order valence-electron chi connectivity index (χ4n) is 2.65. The van der Waals surface area contributed by atoms with Gasteiger partial charge in [0, 0.05) is 23.6 Å². The minimum Gasteiger partial charge on any atom is -0.415 e. The highest BCUT2D eigenvalue weighted by Crippen LogP contribution is 2.19. The van der Waals surface area contributed by atoms with Crippen molar-refractivity contribution in [1.82, 2.24) is 20.4 Å². The van der Waals surface area contributed by atoms with E-state index >= 15 is 0 Å². The lowest BCUT2D eigenvalue weighted by Crippen LogP contribution is -3.15. The van der Waals surface area contributed by atoms with E-state index in [0.29, 0.717) is 36.3 Å². The van der Waals surface area contributed by atoms with E-state index < -0.39 is 0 Å². The van der Waals surface area contributed by atoms with Crippen LogP contribution in [0, 0.1) is 0 Å². The molecule has 26 heavy (non-hydrogen) atoms. The van der Waals surface area contributed by atoms with Gasteiger partial charge >= 0.3 is 6.03 Å². The van der Waals surface area contributed by atoms with Crippen LogP contribution in [0.4, 0.5) is 4.79 Å². The van der Waals surface area contributed by atoms with E-state index in [1.54, 1.807) is 12.1 Å². The van der Waals surface area contributed by atoms with Crippen LogP contribution in [-0.2, 0) is 11.3 Å². The van der Waals surface area contributed by atoms with Gasteiger partial charge in [0.15, 0.2) is 13.2 Å². The van der Waals surface area contributed by atoms with E-state index in [0.717, 1.165) is 10.5 Å². The SMILES string of the molecule is CC(C)[NH+](Cc1nnc(-c2ccc(Cl)cc2)o1)CN1C(=O)CCNC1=O. The van der Waals surface area contributed by atoms with Crippen LogP contribution in [0.5, 0.6) is 0 Å². The van der Waals surface area contributed by atoms with Crippen LogP contribution < -0.4 is 10.2 Å². The number of benzene rings is 1. The molecule has 1 fully saturated rings. The van der Waals surface area contributed by atoms with Gasteiger partial charge in [-0.15, -0.1) is 10.2 Å². The van der Waals surface area contributed by atoms with Gasteiger partial charge in [-0.3, -0.25) is 4.79 Å². The third kappa shape index (κ3) is 4.20. The standard InChI is InChI=1S/C17H20ClN5O3/c1-11(2)22(10-23-15(24)7-8-19-17(23)25)9-14-20-21-16(26-14)12-3-5-13(18)6-4-12/h3-6,11H,7-10H2,1-2H3,(H,19,25)/p+1. The van der Waals surface area contributed by atoms with Crippen molar-refractivity contribution in [1.29, 1.82) is 0 Å². The molecule has 9 heteroatoms. The highest BCUT2D eigenvalue weighted by atomic mass is 35.5. The molecule has 8 nitrogen and oxygen atoms in total. The fourth-order valence-corrected chi connectivity index (χ4v) is 2.78. The zero-order chi connectivity index (χ0) is 18.7.